The van der Waals surface area contributed by atoms with Crippen LogP contribution >= 0.6 is 0 Å². The molecular weight excluding hydrogens is 1220 g/mol. The summed E-state index contributed by atoms with van der Waals surface area (Å²) >= 11 is 0. The lowest BCUT2D eigenvalue weighted by Gasteiger charge is -2.32. The molecule has 2 saturated heterocycles. The molecule has 2 aliphatic heterocycles. The Labute approximate surface area is 534 Å². The van der Waals surface area contributed by atoms with E-state index in [-0.39, 0.29) is 107 Å². The maximum Gasteiger partial charge on any atom is 0.325 e. The summed E-state index contributed by atoms with van der Waals surface area (Å²) in [6.45, 7) is 6.17. The number of likely N-dealkylation sites (tertiary alicyclic amines) is 2. The molecule has 2 atom stereocenters. The minimum absolute atomic E-state index is 0.00554. The number of carbonyl (C=O) groups is 7. The summed E-state index contributed by atoms with van der Waals surface area (Å²) in [6.07, 6.45) is 7.85. The number of aryl methyl sites for hydroxylation is 1. The number of methoxy groups -OCH3 is 1. The second-order valence-corrected chi connectivity index (χ2v) is 24.1. The molecule has 0 radical (unpaired) electrons. The third kappa shape index (κ3) is 16.2. The Hall–Kier alpha value is -8.32. The summed E-state index contributed by atoms with van der Waals surface area (Å²) < 4.78 is 82.3. The number of halogens is 3. The Morgan fingerprint density at radius 3 is 2.11 bits per heavy atom. The molecule has 4 aliphatic rings. The Morgan fingerprint density at radius 2 is 1.42 bits per heavy atom. The van der Waals surface area contributed by atoms with E-state index in [9.17, 15) is 42.3 Å². The van der Waals surface area contributed by atoms with Crippen LogP contribution in [0.5, 0.6) is 0 Å². The number of nitrogens with zero attached hydrogens (tertiary/aromatic N) is 10. The first-order chi connectivity index (χ1) is 44.8. The number of hydrogen-bond donors (Lipinski definition) is 4. The van der Waals surface area contributed by atoms with Crippen molar-refractivity contribution in [3.05, 3.63) is 77.4 Å². The Balaban J connectivity index is 0.537. The minimum atomic E-state index is -2.75. The highest BCUT2D eigenvalue weighted by Crippen LogP contribution is 2.70. The van der Waals surface area contributed by atoms with E-state index in [0.717, 1.165) is 5.52 Å². The number of hydrogen-bond acceptors (Lipinski definition) is 17. The van der Waals surface area contributed by atoms with E-state index in [1.54, 1.807) is 63.6 Å². The van der Waals surface area contributed by atoms with Gasteiger partial charge < -0.3 is 59.1 Å². The standard InChI is InChI=1S/C63H81F3N14O13/c1-62-33-48-46(32-51(62)63(62,65)66)60(73-72-48)61(87)71-42-35-70-79(37-42)43-12-18-78(19-13-43)55(84)14-20-89-22-24-91-26-28-93-29-27-92-25-23-90-21-15-67-52(81)8-9-54(83)77-16-10-40(11-17-77)59-58-44(45-31-50-41(30-47(45)64)34-69-76(50)3)6-5-7-49(58)80(74-59)39-56(85)75(2)38-53(82)68-36-57(86)88-4/h5-7,30-31,34-35,37,40,43,51H,8-29,32-33,36,38-39H2,1-4H3,(H,67,81)(H,68,82)(H,71,87)(H,72,73)/t51-,62+/m1/s1. The number of aromatic amines is 1. The zero-order valence-electron chi connectivity index (χ0n) is 52.9. The van der Waals surface area contributed by atoms with Crippen molar-refractivity contribution in [1.29, 1.82) is 0 Å². The van der Waals surface area contributed by atoms with E-state index in [0.29, 0.717) is 155 Å². The van der Waals surface area contributed by atoms with Crippen LogP contribution in [0.4, 0.5) is 18.9 Å². The molecule has 2 aliphatic carbocycles. The predicted molar refractivity (Wildman–Crippen MR) is 329 cm³/mol. The molecule has 0 unspecified atom stereocenters. The molecule has 4 aromatic heterocycles. The summed E-state index contributed by atoms with van der Waals surface area (Å²) in [5.74, 6) is -6.67. The van der Waals surface area contributed by atoms with Gasteiger partial charge in [0.2, 0.25) is 29.5 Å². The number of aromatic nitrogens is 8. The van der Waals surface area contributed by atoms with Gasteiger partial charge >= 0.3 is 5.97 Å². The van der Waals surface area contributed by atoms with Crippen molar-refractivity contribution >= 4 is 68.9 Å². The molecule has 4 N–H and O–H groups in total. The fraction of sp³-hybridized carbons (Fsp3) is 0.571. The summed E-state index contributed by atoms with van der Waals surface area (Å²) in [5.41, 5.74) is 3.54. The zero-order valence-corrected chi connectivity index (χ0v) is 52.9. The van der Waals surface area contributed by atoms with Crippen molar-refractivity contribution in [2.75, 3.05) is 131 Å². The highest BCUT2D eigenvalue weighted by atomic mass is 19.3. The first kappa shape index (κ1) is 67.6. The fourth-order valence-corrected chi connectivity index (χ4v) is 12.5. The van der Waals surface area contributed by atoms with E-state index in [2.05, 4.69) is 41.1 Å². The molecule has 10 rings (SSSR count). The van der Waals surface area contributed by atoms with Crippen LogP contribution in [0.25, 0.3) is 32.9 Å². The average molecular weight is 1300 g/mol. The van der Waals surface area contributed by atoms with Gasteiger partial charge in [-0.1, -0.05) is 19.1 Å². The van der Waals surface area contributed by atoms with Crippen LogP contribution in [0.1, 0.15) is 91.3 Å². The van der Waals surface area contributed by atoms with Crippen molar-refractivity contribution in [2.45, 2.75) is 89.1 Å². The zero-order chi connectivity index (χ0) is 65.8. The molecule has 93 heavy (non-hydrogen) atoms. The van der Waals surface area contributed by atoms with Crippen LogP contribution in [-0.4, -0.2) is 228 Å². The average Bonchev–Trinajstić information content (AvgIpc) is 1.51. The van der Waals surface area contributed by atoms with Gasteiger partial charge in [-0.05, 0) is 55.9 Å². The van der Waals surface area contributed by atoms with Gasteiger partial charge in [0.25, 0.3) is 11.8 Å². The molecular formula is C63H81F3N14O13. The molecule has 0 bridgehead atoms. The maximum atomic E-state index is 16.0. The van der Waals surface area contributed by atoms with Crippen molar-refractivity contribution in [1.82, 2.24) is 64.9 Å². The molecule has 2 aromatic carbocycles. The number of likely N-dealkylation sites (N-methyl/N-ethyl adjacent to an activating group) is 1. The molecule has 3 fully saturated rings. The van der Waals surface area contributed by atoms with E-state index in [1.807, 2.05) is 17.0 Å². The number of ether oxygens (including phenoxy) is 6. The number of piperidine rings is 2. The van der Waals surface area contributed by atoms with Crippen LogP contribution in [0, 0.1) is 17.2 Å². The Kier molecular flexibility index (Phi) is 22.2. The van der Waals surface area contributed by atoms with Gasteiger partial charge in [-0.25, -0.2) is 13.2 Å². The van der Waals surface area contributed by atoms with Gasteiger partial charge in [0.05, 0.1) is 127 Å². The number of amides is 6. The van der Waals surface area contributed by atoms with Crippen molar-refractivity contribution < 1.29 is 75.2 Å². The number of H-pyrrole nitrogens is 1. The number of benzene rings is 2. The highest BCUT2D eigenvalue weighted by Gasteiger charge is 2.78. The molecule has 6 amide bonds. The van der Waals surface area contributed by atoms with Crippen LogP contribution in [0.2, 0.25) is 0 Å². The minimum Gasteiger partial charge on any atom is -0.468 e. The van der Waals surface area contributed by atoms with Gasteiger partial charge in [-0.15, -0.1) is 0 Å². The number of esters is 1. The number of nitrogens with one attached hydrogen (secondary N) is 4. The highest BCUT2D eigenvalue weighted by molar-refractivity contribution is 6.04. The second kappa shape index (κ2) is 30.6. The number of alkyl halides is 2. The molecule has 1 saturated carbocycles. The molecule has 6 aromatic rings. The van der Waals surface area contributed by atoms with Gasteiger partial charge in [0, 0.05) is 117 Å². The Bertz CT molecular complexity index is 3650. The van der Waals surface area contributed by atoms with Gasteiger partial charge in [0.15, 0.2) is 5.69 Å². The van der Waals surface area contributed by atoms with Gasteiger partial charge in [-0.3, -0.25) is 52.7 Å². The Morgan fingerprint density at radius 1 is 0.763 bits per heavy atom. The predicted octanol–water partition coefficient (Wildman–Crippen LogP) is 3.96. The number of anilines is 1. The second-order valence-electron chi connectivity index (χ2n) is 24.1. The first-order valence-corrected chi connectivity index (χ1v) is 31.5. The van der Waals surface area contributed by atoms with Crippen LogP contribution in [-0.2, 0) is 83.6 Å². The van der Waals surface area contributed by atoms with Gasteiger partial charge in [-0.2, -0.15) is 20.4 Å². The molecule has 27 nitrogen and oxygen atoms in total. The maximum absolute atomic E-state index is 16.0. The number of rotatable bonds is 32. The summed E-state index contributed by atoms with van der Waals surface area (Å²) in [5, 5.41) is 30.0. The van der Waals surface area contributed by atoms with Crippen LogP contribution < -0.4 is 16.0 Å². The van der Waals surface area contributed by atoms with E-state index < -0.39 is 46.8 Å². The van der Waals surface area contributed by atoms with Gasteiger partial charge in [0.1, 0.15) is 18.9 Å². The topological polar surface area (TPSA) is 303 Å². The monoisotopic (exact) mass is 1300 g/mol. The molecule has 30 heteroatoms. The van der Waals surface area contributed by atoms with E-state index >= 15 is 4.39 Å². The first-order valence-electron chi connectivity index (χ1n) is 31.5. The van der Waals surface area contributed by atoms with Crippen molar-refractivity contribution in [3.8, 4) is 11.1 Å². The molecule has 0 spiro atoms. The van der Waals surface area contributed by atoms with E-state index in [1.165, 1.54) is 25.1 Å². The van der Waals surface area contributed by atoms with Crippen LogP contribution in [0.3, 0.4) is 0 Å². The normalized spacial score (nSPS) is 17.9. The lowest BCUT2D eigenvalue weighted by Crippen LogP contribution is -2.41. The van der Waals surface area contributed by atoms with Crippen molar-refractivity contribution in [2.24, 2.45) is 18.4 Å². The lowest BCUT2D eigenvalue weighted by molar-refractivity contribution is -0.141. The quantitative estimate of drug-likeness (QED) is 0.0343. The van der Waals surface area contributed by atoms with Crippen LogP contribution in [0.15, 0.2) is 48.9 Å². The fourth-order valence-electron chi connectivity index (χ4n) is 12.5. The smallest absolute Gasteiger partial charge is 0.325 e. The van der Waals surface area contributed by atoms with Crippen molar-refractivity contribution in [3.63, 3.8) is 0 Å². The summed E-state index contributed by atoms with van der Waals surface area (Å²) in [6, 6.07) is 8.63. The lowest BCUT2D eigenvalue weighted by atomic mass is 9.87. The molecule has 502 valence electrons. The largest absolute Gasteiger partial charge is 0.468 e. The number of carbonyl (C=O) groups excluding carboxylic acids is 7. The molecule has 6 heterocycles. The SMILES string of the molecule is COC(=O)CNC(=O)CN(C)C(=O)Cn1nc(C2CCN(C(=O)CCC(=O)NCCOCCOCCOCCOCCOCCC(=O)N3CCC(n4cc(NC(=O)c5n[nH]c6c5C[C@H]5C(F)(F)[C@@]5(C)C6)cn4)CC3)CC2)c2c(-c3cc4c(cnn4C)cc3F)cccc21. The summed E-state index contributed by atoms with van der Waals surface area (Å²) in [7, 11) is 4.45. The third-order valence-electron chi connectivity index (χ3n) is 18.1. The number of fused-ring (bicyclic) bond motifs is 4. The summed E-state index contributed by atoms with van der Waals surface area (Å²) in [4.78, 5) is 94.4. The third-order valence-corrected chi connectivity index (χ3v) is 18.1. The van der Waals surface area contributed by atoms with E-state index in [4.69, 9.17) is 28.8 Å².